The van der Waals surface area contributed by atoms with Crippen molar-refractivity contribution in [2.75, 3.05) is 6.61 Å². The van der Waals surface area contributed by atoms with Gasteiger partial charge < -0.3 is 19.8 Å². The third-order valence-corrected chi connectivity index (χ3v) is 5.74. The predicted molar refractivity (Wildman–Crippen MR) is 114 cm³/mol. The van der Waals surface area contributed by atoms with Crippen molar-refractivity contribution in [3.05, 3.63) is 69.7 Å². The Morgan fingerprint density at radius 3 is 2.40 bits per heavy atom. The highest BCUT2D eigenvalue weighted by Crippen LogP contribution is 2.44. The van der Waals surface area contributed by atoms with Crippen LogP contribution in [0.2, 0.25) is 10.0 Å². The monoisotopic (exact) mass is 451 g/mol. The molecule has 1 amide bonds. The first-order valence-corrected chi connectivity index (χ1v) is 10.4. The largest absolute Gasteiger partial charge is 0.481 e. The Hall–Kier alpha value is -2.12. The Morgan fingerprint density at radius 2 is 1.83 bits per heavy atom. The van der Waals surface area contributed by atoms with Crippen molar-refractivity contribution in [1.82, 2.24) is 4.90 Å². The van der Waals surface area contributed by atoms with E-state index in [9.17, 15) is 19.8 Å². The Labute approximate surface area is 185 Å². The van der Waals surface area contributed by atoms with Crippen molar-refractivity contribution in [2.24, 2.45) is 0 Å². The molecule has 0 saturated carbocycles. The van der Waals surface area contributed by atoms with Gasteiger partial charge >= 0.3 is 5.97 Å². The zero-order chi connectivity index (χ0) is 21.8. The number of carboxylic acids is 1. The smallest absolute Gasteiger partial charge is 0.306 e. The van der Waals surface area contributed by atoms with E-state index in [-0.39, 0.29) is 6.61 Å². The molecular weight excluding hydrogens is 429 g/mol. The summed E-state index contributed by atoms with van der Waals surface area (Å²) in [5.74, 6) is -1.60. The van der Waals surface area contributed by atoms with Crippen molar-refractivity contribution in [3.8, 4) is 0 Å². The van der Waals surface area contributed by atoms with Crippen LogP contribution in [0.15, 0.2) is 48.5 Å². The van der Waals surface area contributed by atoms with Crippen LogP contribution in [0.4, 0.5) is 0 Å². The molecule has 0 bridgehead atoms. The number of carbonyl (C=O) groups excluding carboxylic acids is 1. The molecule has 4 atom stereocenters. The zero-order valence-corrected chi connectivity index (χ0v) is 17.9. The molecule has 0 spiro atoms. The third-order valence-electron chi connectivity index (χ3n) is 5.25. The van der Waals surface area contributed by atoms with E-state index in [0.717, 1.165) is 5.56 Å². The van der Waals surface area contributed by atoms with Crippen molar-refractivity contribution >= 4 is 35.1 Å². The maximum Gasteiger partial charge on any atom is 0.306 e. The van der Waals surface area contributed by atoms with Gasteiger partial charge in [0.15, 0.2) is 0 Å². The molecule has 2 aromatic rings. The fourth-order valence-electron chi connectivity index (χ4n) is 3.81. The topological polar surface area (TPSA) is 87.1 Å². The number of nitrogens with zero attached hydrogens (tertiary/aromatic N) is 1. The van der Waals surface area contributed by atoms with E-state index in [0.29, 0.717) is 22.0 Å². The molecule has 30 heavy (non-hydrogen) atoms. The minimum absolute atomic E-state index is 0.256. The van der Waals surface area contributed by atoms with Crippen LogP contribution in [0.25, 0.3) is 0 Å². The number of aliphatic carboxylic acids is 1. The van der Waals surface area contributed by atoms with Crippen molar-refractivity contribution in [1.29, 1.82) is 0 Å². The highest BCUT2D eigenvalue weighted by molar-refractivity contribution is 6.30. The highest BCUT2D eigenvalue weighted by atomic mass is 35.5. The van der Waals surface area contributed by atoms with Crippen LogP contribution in [0.1, 0.15) is 43.0 Å². The van der Waals surface area contributed by atoms with Crippen LogP contribution >= 0.6 is 23.2 Å². The van der Waals surface area contributed by atoms with Crippen molar-refractivity contribution in [3.63, 3.8) is 0 Å². The number of aliphatic hydroxyl groups is 1. The van der Waals surface area contributed by atoms with Crippen LogP contribution in [0, 0.1) is 0 Å². The number of carbonyl (C=O) groups is 2. The summed E-state index contributed by atoms with van der Waals surface area (Å²) < 4.78 is 6.07. The lowest BCUT2D eigenvalue weighted by Crippen LogP contribution is -2.56. The minimum atomic E-state index is -1.17. The van der Waals surface area contributed by atoms with Crippen LogP contribution in [-0.4, -0.2) is 45.7 Å². The Kier molecular flexibility index (Phi) is 7.36. The Morgan fingerprint density at radius 1 is 1.13 bits per heavy atom. The number of aliphatic hydroxyl groups excluding tert-OH is 1. The van der Waals surface area contributed by atoms with Crippen LogP contribution < -0.4 is 0 Å². The first-order valence-electron chi connectivity index (χ1n) is 9.66. The van der Waals surface area contributed by atoms with Gasteiger partial charge in [-0.25, -0.2) is 0 Å². The standard InChI is InChI=1S/C22H23Cl2NO5/c1-2-17(12-26)25-20(13-6-8-15(23)9-7-13)21(14-4-3-5-16(24)10-14)30-18(22(25)29)11-19(27)28/h3-10,17-18,20-21,26H,2,11-12H2,1H3,(H,27,28)/t17-,18+,20?,21-/m0/s1. The molecule has 1 aliphatic heterocycles. The lowest BCUT2D eigenvalue weighted by atomic mass is 9.89. The molecule has 1 heterocycles. The molecular formula is C22H23Cl2NO5. The van der Waals surface area contributed by atoms with Gasteiger partial charge in [-0.2, -0.15) is 0 Å². The van der Waals surface area contributed by atoms with E-state index in [1.165, 1.54) is 0 Å². The summed E-state index contributed by atoms with van der Waals surface area (Å²) in [5.41, 5.74) is 1.47. The summed E-state index contributed by atoms with van der Waals surface area (Å²) in [7, 11) is 0. The van der Waals surface area contributed by atoms with E-state index >= 15 is 0 Å². The molecule has 8 heteroatoms. The Balaban J connectivity index is 2.16. The lowest BCUT2D eigenvalue weighted by Gasteiger charge is -2.47. The molecule has 0 aliphatic carbocycles. The summed E-state index contributed by atoms with van der Waals surface area (Å²) >= 11 is 12.2. The number of carboxylic acid groups (broad SMARTS) is 1. The molecule has 1 aliphatic rings. The second-order valence-electron chi connectivity index (χ2n) is 7.18. The van der Waals surface area contributed by atoms with Crippen molar-refractivity contribution in [2.45, 2.75) is 44.1 Å². The average molecular weight is 452 g/mol. The van der Waals surface area contributed by atoms with Gasteiger partial charge in [0.1, 0.15) is 12.2 Å². The predicted octanol–water partition coefficient (Wildman–Crippen LogP) is 4.25. The summed E-state index contributed by atoms with van der Waals surface area (Å²) in [6, 6.07) is 13.0. The summed E-state index contributed by atoms with van der Waals surface area (Å²) in [6.07, 6.45) is -1.82. The SMILES string of the molecule is CC[C@@H](CO)N1C(=O)[C@@H](CC(=O)O)O[C@@H](c2cccc(Cl)c2)C1c1ccc(Cl)cc1. The number of hydrogen-bond donors (Lipinski definition) is 2. The van der Waals surface area contributed by atoms with Gasteiger partial charge in [-0.05, 0) is 41.8 Å². The summed E-state index contributed by atoms with van der Waals surface area (Å²) in [6.45, 7) is 1.61. The van der Waals surface area contributed by atoms with E-state index in [1.807, 2.05) is 13.0 Å². The van der Waals surface area contributed by atoms with Crippen LogP contribution in [0.5, 0.6) is 0 Å². The molecule has 2 aromatic carbocycles. The first kappa shape index (κ1) is 22.6. The average Bonchev–Trinajstić information content (AvgIpc) is 2.71. The molecule has 0 aromatic heterocycles. The van der Waals surface area contributed by atoms with Crippen LogP contribution in [-0.2, 0) is 14.3 Å². The maximum absolute atomic E-state index is 13.3. The maximum atomic E-state index is 13.3. The van der Waals surface area contributed by atoms with Gasteiger partial charge in [0.05, 0.1) is 25.1 Å². The minimum Gasteiger partial charge on any atom is -0.481 e. The van der Waals surface area contributed by atoms with E-state index < -0.39 is 42.6 Å². The molecule has 2 N–H and O–H groups in total. The Bertz CT molecular complexity index is 901. The number of ether oxygens (including phenoxy) is 1. The quantitative estimate of drug-likeness (QED) is 0.656. The van der Waals surface area contributed by atoms with Gasteiger partial charge in [0.25, 0.3) is 5.91 Å². The van der Waals surface area contributed by atoms with Gasteiger partial charge in [0, 0.05) is 10.0 Å². The van der Waals surface area contributed by atoms with E-state index in [1.54, 1.807) is 47.4 Å². The van der Waals surface area contributed by atoms with Gasteiger partial charge in [0.2, 0.25) is 0 Å². The second-order valence-corrected chi connectivity index (χ2v) is 8.06. The van der Waals surface area contributed by atoms with Gasteiger partial charge in [-0.15, -0.1) is 0 Å². The third kappa shape index (κ3) is 4.78. The van der Waals surface area contributed by atoms with Crippen molar-refractivity contribution < 1.29 is 24.5 Å². The highest BCUT2D eigenvalue weighted by Gasteiger charge is 2.46. The number of amides is 1. The fraction of sp³-hybridized carbons (Fsp3) is 0.364. The van der Waals surface area contributed by atoms with E-state index in [2.05, 4.69) is 0 Å². The molecule has 160 valence electrons. The number of halogens is 2. The van der Waals surface area contributed by atoms with E-state index in [4.69, 9.17) is 27.9 Å². The van der Waals surface area contributed by atoms with Crippen LogP contribution in [0.3, 0.4) is 0 Å². The molecule has 1 unspecified atom stereocenters. The second kappa shape index (κ2) is 9.79. The number of rotatable bonds is 7. The summed E-state index contributed by atoms with van der Waals surface area (Å²) in [4.78, 5) is 26.2. The number of hydrogen-bond acceptors (Lipinski definition) is 4. The molecule has 3 rings (SSSR count). The molecule has 1 fully saturated rings. The van der Waals surface area contributed by atoms with Gasteiger partial charge in [-0.3, -0.25) is 9.59 Å². The molecule has 1 saturated heterocycles. The summed E-state index contributed by atoms with van der Waals surface area (Å²) in [5, 5.41) is 20.3. The fourth-order valence-corrected chi connectivity index (χ4v) is 4.14. The first-order chi connectivity index (χ1) is 14.3. The van der Waals surface area contributed by atoms with Gasteiger partial charge in [-0.1, -0.05) is 54.4 Å². The molecule has 0 radical (unpaired) electrons. The lowest BCUT2D eigenvalue weighted by molar-refractivity contribution is -0.184. The normalized spacial score (nSPS) is 22.7. The number of morpholine rings is 1. The zero-order valence-electron chi connectivity index (χ0n) is 16.4. The number of benzene rings is 2. The molecule has 6 nitrogen and oxygen atoms in total.